The zero-order chi connectivity index (χ0) is 86.6. The third kappa shape index (κ3) is 28.5. The number of rotatable bonds is 35. The first-order valence-electron chi connectivity index (χ1n) is 44.2. The van der Waals surface area contributed by atoms with Gasteiger partial charge in [-0.1, -0.05) is 117 Å². The van der Waals surface area contributed by atoms with Crippen LogP contribution in [0, 0.1) is 6.92 Å². The van der Waals surface area contributed by atoms with Crippen molar-refractivity contribution >= 4 is 29.1 Å². The van der Waals surface area contributed by atoms with Crippen LogP contribution in [0.25, 0.3) is 68.1 Å². The van der Waals surface area contributed by atoms with Crippen molar-refractivity contribution in [2.45, 2.75) is 158 Å². The van der Waals surface area contributed by atoms with Crippen molar-refractivity contribution in [2.75, 3.05) is 160 Å². The highest BCUT2D eigenvalue weighted by atomic mass is 16.5. The van der Waals surface area contributed by atoms with Gasteiger partial charge in [0.1, 0.15) is 103 Å². The highest BCUT2D eigenvalue weighted by Crippen LogP contribution is 2.36. The molecule has 5 aliphatic rings. The Balaban J connectivity index is 0.000000151. The van der Waals surface area contributed by atoms with E-state index < -0.39 is 24.4 Å². The first kappa shape index (κ1) is 92.5. The fraction of sp³-hybridized carbons (Fsp3) is 0.469. The molecule has 5 aromatic carbocycles. The highest BCUT2D eigenvalue weighted by molar-refractivity contribution is 5.72. The average Bonchev–Trinajstić information content (AvgIpc) is 0.931. The van der Waals surface area contributed by atoms with E-state index in [2.05, 4.69) is 107 Å². The Morgan fingerprint density at radius 2 is 0.847 bits per heavy atom. The molecule has 28 nitrogen and oxygen atoms in total. The molecule has 124 heavy (non-hydrogen) atoms. The number of piperidine rings is 1. The maximum absolute atomic E-state index is 9.96. The molecule has 3 aliphatic heterocycles. The van der Waals surface area contributed by atoms with E-state index in [9.17, 15) is 20.4 Å². The number of anilines is 5. The quantitative estimate of drug-likeness (QED) is 0.0176. The summed E-state index contributed by atoms with van der Waals surface area (Å²) < 4.78 is 34.2. The lowest BCUT2D eigenvalue weighted by molar-refractivity contribution is 0.0853. The minimum Gasteiger partial charge on any atom is -0.491 e. The van der Waals surface area contributed by atoms with Crippen molar-refractivity contribution in [1.29, 1.82) is 0 Å². The van der Waals surface area contributed by atoms with Crippen molar-refractivity contribution in [3.8, 4) is 91.1 Å². The molecular formula is C96H128N18O10. The lowest BCUT2D eigenvalue weighted by Crippen LogP contribution is -2.37. The predicted molar refractivity (Wildman–Crippen MR) is 492 cm³/mol. The third-order valence-corrected chi connectivity index (χ3v) is 22.6. The van der Waals surface area contributed by atoms with Gasteiger partial charge in [-0.15, -0.1) is 0 Å². The van der Waals surface area contributed by atoms with Crippen LogP contribution in [0.5, 0.6) is 23.0 Å². The molecule has 5 aromatic heterocycles. The average molecular weight is 1690 g/mol. The number of aliphatic hydroxyl groups is 4. The van der Waals surface area contributed by atoms with Gasteiger partial charge in [0.25, 0.3) is 0 Å². The van der Waals surface area contributed by atoms with Crippen LogP contribution in [0.15, 0.2) is 176 Å². The fourth-order valence-corrected chi connectivity index (χ4v) is 15.7. The molecule has 662 valence electrons. The summed E-state index contributed by atoms with van der Waals surface area (Å²) in [5.74, 6) is 10.0. The Bertz CT molecular complexity index is 4640. The maximum atomic E-state index is 9.96. The number of aromatic nitrogens is 9. The second kappa shape index (κ2) is 49.2. The molecule has 0 radical (unpaired) electrons. The Labute approximate surface area is 731 Å². The summed E-state index contributed by atoms with van der Waals surface area (Å²) >= 11 is 0. The molecule has 0 spiro atoms. The zero-order valence-electron chi connectivity index (χ0n) is 73.2. The largest absolute Gasteiger partial charge is 0.491 e. The van der Waals surface area contributed by atoms with Gasteiger partial charge in [-0.05, 0) is 166 Å². The van der Waals surface area contributed by atoms with Crippen LogP contribution in [0.3, 0.4) is 0 Å². The van der Waals surface area contributed by atoms with Gasteiger partial charge in [-0.3, -0.25) is 4.98 Å². The molecule has 15 rings (SSSR count). The molecular weight excluding hydrogens is 1570 g/mol. The topological polar surface area (TPSA) is 334 Å². The number of hydrogen-bond donors (Lipinski definition) is 10. The number of benzene rings is 5. The molecule has 10 aromatic rings. The smallest absolute Gasteiger partial charge is 0.164 e. The van der Waals surface area contributed by atoms with E-state index in [-0.39, 0.29) is 32.5 Å². The number of ether oxygens (including phenoxy) is 6. The Morgan fingerprint density at radius 1 is 0.403 bits per heavy atom. The van der Waals surface area contributed by atoms with Crippen molar-refractivity contribution < 1.29 is 48.8 Å². The summed E-state index contributed by atoms with van der Waals surface area (Å²) in [6, 6.07) is 52.8. The minimum atomic E-state index is -0.573. The SMILES string of the molecule is CNCC(O)COc1cccc(-c2cc(N(C)C3CCCCC3)nc(-c3ccncc3)n2)c1.CNCC(O)COc1cccc(-c2nc(-c3ccccc3)cc(N(C)C3CCOCC3)n2)c1.CNCC(O)COc1cccc(-c2nc(N[C@@H]3CCOC3)c(C)c(N3CCCCC3)n2)c1.CNCC(O)COc1cccc(-c2nccc(NC3CCCCC3)n2)c1. The summed E-state index contributed by atoms with van der Waals surface area (Å²) in [7, 11) is 11.5. The molecule has 28 heteroatoms. The molecule has 8 heterocycles. The van der Waals surface area contributed by atoms with Gasteiger partial charge >= 0.3 is 0 Å². The number of hydrogen-bond acceptors (Lipinski definition) is 28. The third-order valence-electron chi connectivity index (χ3n) is 22.6. The maximum Gasteiger partial charge on any atom is 0.164 e. The van der Waals surface area contributed by atoms with E-state index >= 15 is 0 Å². The summed E-state index contributed by atoms with van der Waals surface area (Å²) in [6.07, 6.45) is 22.2. The molecule has 2 saturated carbocycles. The van der Waals surface area contributed by atoms with Crippen LogP contribution >= 0.6 is 0 Å². The molecule has 5 fully saturated rings. The number of nitrogens with one attached hydrogen (secondary N) is 6. The van der Waals surface area contributed by atoms with Crippen LogP contribution in [0.1, 0.15) is 108 Å². The van der Waals surface area contributed by atoms with Gasteiger partial charge in [0, 0.05) is 161 Å². The number of aliphatic hydroxyl groups excluding tert-OH is 4. The summed E-state index contributed by atoms with van der Waals surface area (Å²) in [5, 5.41) is 58.5. The predicted octanol–water partition coefficient (Wildman–Crippen LogP) is 12.8. The van der Waals surface area contributed by atoms with E-state index in [0.29, 0.717) is 97.2 Å². The molecule has 3 saturated heterocycles. The van der Waals surface area contributed by atoms with Gasteiger partial charge in [-0.25, -0.2) is 39.9 Å². The van der Waals surface area contributed by atoms with Crippen molar-refractivity contribution in [2.24, 2.45) is 0 Å². The second-order valence-corrected chi connectivity index (χ2v) is 32.4. The van der Waals surface area contributed by atoms with Crippen molar-refractivity contribution in [3.63, 3.8) is 0 Å². The van der Waals surface area contributed by atoms with Crippen LogP contribution in [-0.2, 0) is 9.47 Å². The molecule has 0 bridgehead atoms. The highest BCUT2D eigenvalue weighted by Gasteiger charge is 2.27. The lowest BCUT2D eigenvalue weighted by Gasteiger charge is -2.32. The van der Waals surface area contributed by atoms with Crippen LogP contribution in [0.2, 0.25) is 0 Å². The van der Waals surface area contributed by atoms with Crippen LogP contribution in [-0.4, -0.2) is 248 Å². The van der Waals surface area contributed by atoms with Crippen molar-refractivity contribution in [3.05, 3.63) is 182 Å². The number of pyridine rings is 1. The van der Waals surface area contributed by atoms with Gasteiger partial charge in [0.15, 0.2) is 23.3 Å². The molecule has 5 atom stereocenters. The first-order chi connectivity index (χ1) is 60.6. The van der Waals surface area contributed by atoms with Gasteiger partial charge < -0.3 is 95.4 Å². The molecule has 10 N–H and O–H groups in total. The molecule has 4 unspecified atom stereocenters. The molecule has 2 aliphatic carbocycles. The Kier molecular flexibility index (Phi) is 36.7. The van der Waals surface area contributed by atoms with Crippen molar-refractivity contribution in [1.82, 2.24) is 66.1 Å². The molecule has 0 amide bonds. The van der Waals surface area contributed by atoms with E-state index in [0.717, 1.165) is 132 Å². The van der Waals surface area contributed by atoms with Gasteiger partial charge in [0.2, 0.25) is 0 Å². The minimum absolute atomic E-state index is 0.215. The summed E-state index contributed by atoms with van der Waals surface area (Å²) in [4.78, 5) is 49.7. The first-order valence-corrected chi connectivity index (χ1v) is 44.2. The fourth-order valence-electron chi connectivity index (χ4n) is 15.7. The van der Waals surface area contributed by atoms with Gasteiger partial charge in [-0.2, -0.15) is 0 Å². The van der Waals surface area contributed by atoms with E-state index in [1.54, 1.807) is 39.7 Å². The zero-order valence-corrected chi connectivity index (χ0v) is 73.2. The summed E-state index contributed by atoms with van der Waals surface area (Å²) in [6.45, 7) is 10.1. The monoisotopic (exact) mass is 1690 g/mol. The van der Waals surface area contributed by atoms with E-state index in [1.807, 2.05) is 141 Å². The van der Waals surface area contributed by atoms with Gasteiger partial charge in [0.05, 0.1) is 24.0 Å². The van der Waals surface area contributed by atoms with E-state index in [4.69, 9.17) is 58.3 Å². The second-order valence-electron chi connectivity index (χ2n) is 32.4. The van der Waals surface area contributed by atoms with Crippen LogP contribution < -0.4 is 65.5 Å². The Morgan fingerprint density at radius 3 is 1.35 bits per heavy atom. The lowest BCUT2D eigenvalue weighted by atomic mass is 9.94. The number of nitrogens with zero attached hydrogens (tertiary/aromatic N) is 12. The normalized spacial score (nSPS) is 16.6. The summed E-state index contributed by atoms with van der Waals surface area (Å²) in [5.41, 5.74) is 8.42. The number of likely N-dealkylation sites (N-methyl/N-ethyl adjacent to an activating group) is 4. The van der Waals surface area contributed by atoms with E-state index in [1.165, 1.54) is 83.5 Å². The van der Waals surface area contributed by atoms with Crippen LogP contribution in [0.4, 0.5) is 29.1 Å². The Hall–Kier alpha value is -10.6. The standard InChI is InChI=1S/C26H33N5O2.C26H32N4O3.C24H35N5O3.C20H28N4O2/c1-27-17-22(32)18-33-23-10-6-7-20(15-23)24-16-25(31(2)21-8-4-3-5-9-21)30-26(29-24)19-11-13-28-14-12-19;1-27-17-22(31)18-33-23-10-6-9-20(15-23)26-28-24(19-7-4-3-5-8-19)16-25(29-26)30(2)21-11-13-32-14-12-21;1-17-22(26-19-9-12-31-15-19)27-23(28-24(17)29-10-4-3-5-11-29)18-7-6-8-21(13-18)32-16-20(30)14-25-2;1-21-13-17(25)14-26-18-9-5-6-15(12-18)20-22-11-10-19(24-20)23-16-7-3-2-4-8-16/h6-7,10-16,21-22,27,32H,3-5,8-9,17-18H2,1-2H3;3-10,15-16,21-22,27,31H,11-14,17-18H2,1-2H3;6-8,13,19-20,25,30H,3-5,9-12,14-16H2,1-2H3,(H,26,27,28);5-6,9-12,16-17,21,25H,2-4,7-8,13-14H2,1H3,(H,22,23,24)/t;;19-,20?;/m..1./s1.